The van der Waals surface area contributed by atoms with E-state index in [0.29, 0.717) is 17.7 Å². The summed E-state index contributed by atoms with van der Waals surface area (Å²) < 4.78 is 10.0. The van der Waals surface area contributed by atoms with Crippen LogP contribution in [-0.2, 0) is 9.47 Å². The molecule has 0 spiro atoms. The molecule has 0 radical (unpaired) electrons. The van der Waals surface area contributed by atoms with Crippen molar-refractivity contribution in [1.82, 2.24) is 5.32 Å². The fourth-order valence-electron chi connectivity index (χ4n) is 2.70. The second kappa shape index (κ2) is 7.57. The van der Waals surface area contributed by atoms with Crippen molar-refractivity contribution in [2.45, 2.75) is 19.4 Å². The Labute approximate surface area is 136 Å². The number of ether oxygens (including phenoxy) is 2. The molecule has 0 aromatic heterocycles. The fourth-order valence-corrected chi connectivity index (χ4v) is 2.70. The van der Waals surface area contributed by atoms with Crippen LogP contribution in [0.5, 0.6) is 0 Å². The molecular weight excluding hydrogens is 296 g/mol. The minimum Gasteiger partial charge on any atom is -0.465 e. The molecular formula is C17H25N2O4+. The van der Waals surface area contributed by atoms with Gasteiger partial charge in [-0.1, -0.05) is 0 Å². The van der Waals surface area contributed by atoms with Crippen molar-refractivity contribution in [2.24, 2.45) is 0 Å². The lowest BCUT2D eigenvalue weighted by Crippen LogP contribution is -3.22. The van der Waals surface area contributed by atoms with Gasteiger partial charge in [-0.3, -0.25) is 4.79 Å². The second-order valence-corrected chi connectivity index (χ2v) is 6.35. The lowest BCUT2D eigenvalue weighted by Gasteiger charge is -2.37. The lowest BCUT2D eigenvalue weighted by molar-refractivity contribution is -0.954. The summed E-state index contributed by atoms with van der Waals surface area (Å²) in [5, 5.41) is 2.98. The number of carbonyl (C=O) groups excluding carboxylic acids is 2. The predicted octanol–water partition coefficient (Wildman–Crippen LogP) is -0.103. The van der Waals surface area contributed by atoms with Crippen LogP contribution in [0.1, 0.15) is 34.6 Å². The maximum atomic E-state index is 12.3. The average molecular weight is 321 g/mol. The molecule has 2 rings (SSSR count). The van der Waals surface area contributed by atoms with Crippen LogP contribution < -0.4 is 10.2 Å². The number of esters is 1. The zero-order valence-corrected chi connectivity index (χ0v) is 14.0. The van der Waals surface area contributed by atoms with Gasteiger partial charge < -0.3 is 19.7 Å². The molecule has 0 unspecified atom stereocenters. The quantitative estimate of drug-likeness (QED) is 0.743. The summed E-state index contributed by atoms with van der Waals surface area (Å²) >= 11 is 0. The Morgan fingerprint density at radius 1 is 1.17 bits per heavy atom. The molecule has 6 heteroatoms. The van der Waals surface area contributed by atoms with Gasteiger partial charge in [-0.2, -0.15) is 0 Å². The Balaban J connectivity index is 1.92. The van der Waals surface area contributed by atoms with E-state index in [2.05, 4.69) is 23.9 Å². The zero-order valence-electron chi connectivity index (χ0n) is 14.0. The Morgan fingerprint density at radius 3 is 2.30 bits per heavy atom. The summed E-state index contributed by atoms with van der Waals surface area (Å²) in [5.41, 5.74) is 0.915. The van der Waals surface area contributed by atoms with Gasteiger partial charge in [-0.15, -0.1) is 0 Å². The SMILES string of the molecule is COC(=O)c1ccc(C(=O)NCC(C)(C)[NH+]2CCOCC2)cc1. The first kappa shape index (κ1) is 17.4. The molecule has 0 saturated carbocycles. The van der Waals surface area contributed by atoms with Crippen LogP contribution in [-0.4, -0.2) is 57.4 Å². The Kier molecular flexibility index (Phi) is 5.74. The van der Waals surface area contributed by atoms with Crippen LogP contribution >= 0.6 is 0 Å². The molecule has 0 bridgehead atoms. The third-order valence-corrected chi connectivity index (χ3v) is 4.31. The van der Waals surface area contributed by atoms with Crippen LogP contribution in [0.25, 0.3) is 0 Å². The van der Waals surface area contributed by atoms with Crippen molar-refractivity contribution in [3.8, 4) is 0 Å². The number of hydrogen-bond donors (Lipinski definition) is 2. The molecule has 1 amide bonds. The predicted molar refractivity (Wildman–Crippen MR) is 85.7 cm³/mol. The van der Waals surface area contributed by atoms with E-state index in [1.54, 1.807) is 24.3 Å². The molecule has 1 aromatic rings. The zero-order chi connectivity index (χ0) is 16.9. The van der Waals surface area contributed by atoms with Gasteiger partial charge in [0.15, 0.2) is 0 Å². The van der Waals surface area contributed by atoms with E-state index >= 15 is 0 Å². The van der Waals surface area contributed by atoms with Gasteiger partial charge in [0.1, 0.15) is 18.6 Å². The third kappa shape index (κ3) is 4.53. The molecule has 1 aromatic carbocycles. The molecule has 1 heterocycles. The minimum absolute atomic E-state index is 0.0502. The molecule has 1 aliphatic rings. The van der Waals surface area contributed by atoms with Crippen LogP contribution in [0.15, 0.2) is 24.3 Å². The summed E-state index contributed by atoms with van der Waals surface area (Å²) in [4.78, 5) is 25.1. The molecule has 0 atom stereocenters. The molecule has 126 valence electrons. The number of nitrogens with one attached hydrogen (secondary N) is 2. The summed E-state index contributed by atoms with van der Waals surface area (Å²) in [5.74, 6) is -0.545. The van der Waals surface area contributed by atoms with Crippen molar-refractivity contribution in [3.63, 3.8) is 0 Å². The molecule has 0 aliphatic carbocycles. The highest BCUT2D eigenvalue weighted by Crippen LogP contribution is 2.06. The van der Waals surface area contributed by atoms with Crippen LogP contribution in [0.2, 0.25) is 0 Å². The normalized spacial score (nSPS) is 16.0. The summed E-state index contributed by atoms with van der Waals surface area (Å²) in [6.07, 6.45) is 0. The Morgan fingerprint density at radius 2 is 1.74 bits per heavy atom. The number of quaternary nitrogens is 1. The van der Waals surface area contributed by atoms with Gasteiger partial charge in [0.2, 0.25) is 0 Å². The van der Waals surface area contributed by atoms with Crippen molar-refractivity contribution in [2.75, 3.05) is 40.0 Å². The molecule has 23 heavy (non-hydrogen) atoms. The van der Waals surface area contributed by atoms with Crippen LogP contribution in [0, 0.1) is 0 Å². The van der Waals surface area contributed by atoms with Gasteiger partial charge in [0, 0.05) is 5.56 Å². The molecule has 1 fully saturated rings. The van der Waals surface area contributed by atoms with Gasteiger partial charge >= 0.3 is 5.97 Å². The molecule has 2 N–H and O–H groups in total. The lowest BCUT2D eigenvalue weighted by atomic mass is 10.0. The van der Waals surface area contributed by atoms with Crippen molar-refractivity contribution < 1.29 is 24.0 Å². The third-order valence-electron chi connectivity index (χ3n) is 4.31. The largest absolute Gasteiger partial charge is 0.465 e. The van der Waals surface area contributed by atoms with E-state index in [1.165, 1.54) is 12.0 Å². The second-order valence-electron chi connectivity index (χ2n) is 6.35. The van der Waals surface area contributed by atoms with E-state index in [0.717, 1.165) is 26.3 Å². The van der Waals surface area contributed by atoms with Gasteiger partial charge in [0.05, 0.1) is 32.4 Å². The number of rotatable bonds is 5. The topological polar surface area (TPSA) is 69.1 Å². The van der Waals surface area contributed by atoms with E-state index < -0.39 is 5.97 Å². The first-order valence-electron chi connectivity index (χ1n) is 7.83. The molecule has 6 nitrogen and oxygen atoms in total. The van der Waals surface area contributed by atoms with Crippen LogP contribution in [0.4, 0.5) is 0 Å². The Hall–Kier alpha value is -1.92. The van der Waals surface area contributed by atoms with Gasteiger partial charge in [-0.05, 0) is 38.1 Å². The van der Waals surface area contributed by atoms with Crippen molar-refractivity contribution in [3.05, 3.63) is 35.4 Å². The first-order chi connectivity index (χ1) is 10.9. The monoisotopic (exact) mass is 321 g/mol. The Bertz CT molecular complexity index is 548. The standard InChI is InChI=1S/C17H24N2O4/c1-17(2,19-8-10-23-11-9-19)12-18-15(20)13-4-6-14(7-5-13)16(21)22-3/h4-7H,8-12H2,1-3H3,(H,18,20)/p+1. The van der Waals surface area contributed by atoms with E-state index in [1.807, 2.05) is 0 Å². The summed E-state index contributed by atoms with van der Waals surface area (Å²) in [6, 6.07) is 6.46. The number of amides is 1. The number of carbonyl (C=O) groups is 2. The summed E-state index contributed by atoms with van der Waals surface area (Å²) in [7, 11) is 1.33. The van der Waals surface area contributed by atoms with Crippen molar-refractivity contribution >= 4 is 11.9 Å². The highest BCUT2D eigenvalue weighted by molar-refractivity contribution is 5.96. The number of hydrogen-bond acceptors (Lipinski definition) is 4. The number of benzene rings is 1. The van der Waals surface area contributed by atoms with Crippen molar-refractivity contribution in [1.29, 1.82) is 0 Å². The average Bonchev–Trinajstić information content (AvgIpc) is 2.60. The van der Waals surface area contributed by atoms with Gasteiger partial charge in [0.25, 0.3) is 5.91 Å². The molecule has 1 aliphatic heterocycles. The smallest absolute Gasteiger partial charge is 0.337 e. The fraction of sp³-hybridized carbons (Fsp3) is 0.529. The highest BCUT2D eigenvalue weighted by atomic mass is 16.5. The molecule has 1 saturated heterocycles. The van der Waals surface area contributed by atoms with E-state index in [9.17, 15) is 9.59 Å². The highest BCUT2D eigenvalue weighted by Gasteiger charge is 2.32. The first-order valence-corrected chi connectivity index (χ1v) is 7.83. The minimum atomic E-state index is -0.408. The summed E-state index contributed by atoms with van der Waals surface area (Å²) in [6.45, 7) is 8.32. The maximum absolute atomic E-state index is 12.3. The maximum Gasteiger partial charge on any atom is 0.337 e. The van der Waals surface area contributed by atoms with E-state index in [4.69, 9.17) is 4.74 Å². The van der Waals surface area contributed by atoms with Crippen LogP contribution in [0.3, 0.4) is 0 Å². The van der Waals surface area contributed by atoms with Gasteiger partial charge in [-0.25, -0.2) is 4.79 Å². The number of methoxy groups -OCH3 is 1. The number of morpholine rings is 1. The van der Waals surface area contributed by atoms with E-state index in [-0.39, 0.29) is 11.4 Å².